The van der Waals surface area contributed by atoms with Gasteiger partial charge < -0.3 is 19.9 Å². The van der Waals surface area contributed by atoms with Crippen LogP contribution in [0.5, 0.6) is 5.75 Å². The van der Waals surface area contributed by atoms with Gasteiger partial charge in [-0.1, -0.05) is 18.2 Å². The highest BCUT2D eigenvalue weighted by Gasteiger charge is 2.33. The molecular weight excluding hydrogens is 230 g/mol. The third-order valence-corrected chi connectivity index (χ3v) is 3.72. The smallest absolute Gasteiger partial charge is 0.124 e. The molecule has 4 heteroatoms. The Hall–Kier alpha value is -1.10. The predicted molar refractivity (Wildman–Crippen MR) is 67.7 cm³/mol. The summed E-state index contributed by atoms with van der Waals surface area (Å²) in [6.07, 6.45) is 1.65. The highest BCUT2D eigenvalue weighted by Crippen LogP contribution is 2.32. The van der Waals surface area contributed by atoms with Crippen LogP contribution in [-0.4, -0.2) is 37.1 Å². The third-order valence-electron chi connectivity index (χ3n) is 3.72. The Labute approximate surface area is 107 Å². The average molecular weight is 249 g/mol. The second kappa shape index (κ2) is 4.88. The number of ether oxygens (including phenoxy) is 2. The Bertz CT molecular complexity index is 415. The molecule has 1 saturated heterocycles. The standard InChI is InChI=1S/C14H19NO3/c16-14(6-8-17-10-14)9-15-12-5-7-18-13-4-2-1-3-11(12)13/h1-4,12,15-16H,5-10H2. The topological polar surface area (TPSA) is 50.7 Å². The maximum Gasteiger partial charge on any atom is 0.124 e. The quantitative estimate of drug-likeness (QED) is 0.846. The SMILES string of the molecule is OC1(CNC2CCOc3ccccc32)CCOC1. The second-order valence-corrected chi connectivity index (χ2v) is 5.14. The molecule has 0 spiro atoms. The highest BCUT2D eigenvalue weighted by molar-refractivity contribution is 5.37. The zero-order valence-electron chi connectivity index (χ0n) is 10.4. The molecule has 98 valence electrons. The Balaban J connectivity index is 1.67. The zero-order valence-corrected chi connectivity index (χ0v) is 10.4. The molecule has 2 unspecified atom stereocenters. The lowest BCUT2D eigenvalue weighted by Crippen LogP contribution is -2.43. The number of aliphatic hydroxyl groups is 1. The summed E-state index contributed by atoms with van der Waals surface area (Å²) in [5.74, 6) is 0.955. The molecule has 2 heterocycles. The molecule has 1 fully saturated rings. The van der Waals surface area contributed by atoms with Gasteiger partial charge in [-0.25, -0.2) is 0 Å². The van der Waals surface area contributed by atoms with E-state index in [4.69, 9.17) is 9.47 Å². The molecule has 1 aromatic rings. The second-order valence-electron chi connectivity index (χ2n) is 5.14. The monoisotopic (exact) mass is 249 g/mol. The number of hydrogen-bond donors (Lipinski definition) is 2. The molecule has 4 nitrogen and oxygen atoms in total. The number of fused-ring (bicyclic) bond motifs is 1. The molecule has 18 heavy (non-hydrogen) atoms. The number of benzene rings is 1. The van der Waals surface area contributed by atoms with Gasteiger partial charge in [-0.2, -0.15) is 0 Å². The van der Waals surface area contributed by atoms with Crippen molar-refractivity contribution in [2.75, 3.05) is 26.4 Å². The van der Waals surface area contributed by atoms with Crippen LogP contribution in [0.4, 0.5) is 0 Å². The minimum atomic E-state index is -0.701. The van der Waals surface area contributed by atoms with Crippen LogP contribution >= 0.6 is 0 Å². The van der Waals surface area contributed by atoms with Crippen LogP contribution in [0.25, 0.3) is 0 Å². The van der Waals surface area contributed by atoms with Crippen LogP contribution in [0.1, 0.15) is 24.4 Å². The van der Waals surface area contributed by atoms with E-state index in [1.807, 2.05) is 18.2 Å². The molecule has 1 aromatic carbocycles. The predicted octanol–water partition coefficient (Wildman–Crippen LogP) is 1.25. The Kier molecular flexibility index (Phi) is 3.24. The first-order valence-corrected chi connectivity index (χ1v) is 6.52. The van der Waals surface area contributed by atoms with Gasteiger partial charge in [0.05, 0.1) is 13.2 Å². The van der Waals surface area contributed by atoms with Gasteiger partial charge in [0.1, 0.15) is 11.4 Å². The van der Waals surface area contributed by atoms with Gasteiger partial charge >= 0.3 is 0 Å². The fraction of sp³-hybridized carbons (Fsp3) is 0.571. The number of para-hydroxylation sites is 1. The fourth-order valence-electron chi connectivity index (χ4n) is 2.60. The average Bonchev–Trinajstić information content (AvgIpc) is 2.84. The van der Waals surface area contributed by atoms with Crippen LogP contribution in [0.3, 0.4) is 0 Å². The number of hydrogen-bond acceptors (Lipinski definition) is 4. The lowest BCUT2D eigenvalue weighted by Gasteiger charge is -2.30. The van der Waals surface area contributed by atoms with E-state index in [1.165, 1.54) is 5.56 Å². The van der Waals surface area contributed by atoms with Crippen molar-refractivity contribution >= 4 is 0 Å². The summed E-state index contributed by atoms with van der Waals surface area (Å²) < 4.78 is 10.9. The first-order valence-electron chi connectivity index (χ1n) is 6.52. The van der Waals surface area contributed by atoms with Crippen molar-refractivity contribution in [2.45, 2.75) is 24.5 Å². The van der Waals surface area contributed by atoms with Gasteiger partial charge in [0.15, 0.2) is 0 Å². The van der Waals surface area contributed by atoms with Gasteiger partial charge in [-0.3, -0.25) is 0 Å². The van der Waals surface area contributed by atoms with E-state index in [2.05, 4.69) is 11.4 Å². The Morgan fingerprint density at radius 2 is 2.22 bits per heavy atom. The summed E-state index contributed by atoms with van der Waals surface area (Å²) in [6.45, 7) is 2.39. The van der Waals surface area contributed by atoms with E-state index in [9.17, 15) is 5.11 Å². The van der Waals surface area contributed by atoms with Crippen molar-refractivity contribution in [3.63, 3.8) is 0 Å². The van der Waals surface area contributed by atoms with Gasteiger partial charge in [0.2, 0.25) is 0 Å². The normalized spacial score (nSPS) is 30.8. The van der Waals surface area contributed by atoms with Gasteiger partial charge in [-0.15, -0.1) is 0 Å². The third kappa shape index (κ3) is 2.36. The summed E-state index contributed by atoms with van der Waals surface area (Å²) in [6, 6.07) is 8.35. The number of nitrogens with one attached hydrogen (secondary N) is 1. The molecular formula is C14H19NO3. The van der Waals surface area contributed by atoms with E-state index < -0.39 is 5.60 Å². The Morgan fingerprint density at radius 3 is 3.06 bits per heavy atom. The molecule has 0 radical (unpaired) electrons. The van der Waals surface area contributed by atoms with Crippen LogP contribution in [-0.2, 0) is 4.74 Å². The molecule has 3 rings (SSSR count). The lowest BCUT2D eigenvalue weighted by molar-refractivity contribution is 0.0235. The molecule has 0 saturated carbocycles. The largest absolute Gasteiger partial charge is 0.493 e. The molecule has 0 bridgehead atoms. The first kappa shape index (κ1) is 12.0. The zero-order chi connectivity index (χ0) is 12.4. The van der Waals surface area contributed by atoms with Gasteiger partial charge in [0.25, 0.3) is 0 Å². The molecule has 2 aliphatic heterocycles. The minimum Gasteiger partial charge on any atom is -0.493 e. The maximum absolute atomic E-state index is 10.3. The molecule has 2 aliphatic rings. The van der Waals surface area contributed by atoms with Crippen molar-refractivity contribution in [1.82, 2.24) is 5.32 Å². The molecule has 2 N–H and O–H groups in total. The van der Waals surface area contributed by atoms with Crippen molar-refractivity contribution in [2.24, 2.45) is 0 Å². The van der Waals surface area contributed by atoms with E-state index in [-0.39, 0.29) is 6.04 Å². The van der Waals surface area contributed by atoms with Crippen molar-refractivity contribution in [1.29, 1.82) is 0 Å². The maximum atomic E-state index is 10.3. The van der Waals surface area contributed by atoms with Crippen molar-refractivity contribution < 1.29 is 14.6 Å². The summed E-state index contributed by atoms with van der Waals surface area (Å²) in [4.78, 5) is 0. The highest BCUT2D eigenvalue weighted by atomic mass is 16.5. The fourth-order valence-corrected chi connectivity index (χ4v) is 2.60. The van der Waals surface area contributed by atoms with E-state index in [0.29, 0.717) is 26.2 Å². The molecule has 0 aliphatic carbocycles. The molecule has 0 amide bonds. The van der Waals surface area contributed by atoms with Gasteiger partial charge in [-0.05, 0) is 6.07 Å². The van der Waals surface area contributed by atoms with Crippen LogP contribution in [0, 0.1) is 0 Å². The first-order chi connectivity index (χ1) is 8.77. The van der Waals surface area contributed by atoms with Crippen molar-refractivity contribution in [3.05, 3.63) is 29.8 Å². The summed E-state index contributed by atoms with van der Waals surface area (Å²) in [7, 11) is 0. The van der Waals surface area contributed by atoms with Gasteiger partial charge in [0, 0.05) is 37.6 Å². The summed E-state index contributed by atoms with van der Waals surface area (Å²) in [5, 5.41) is 13.7. The summed E-state index contributed by atoms with van der Waals surface area (Å²) >= 11 is 0. The van der Waals surface area contributed by atoms with Crippen molar-refractivity contribution in [3.8, 4) is 5.75 Å². The van der Waals surface area contributed by atoms with E-state index >= 15 is 0 Å². The number of rotatable bonds is 3. The van der Waals surface area contributed by atoms with E-state index in [0.717, 1.165) is 18.8 Å². The van der Waals surface area contributed by atoms with E-state index in [1.54, 1.807) is 0 Å². The minimum absolute atomic E-state index is 0.263. The lowest BCUT2D eigenvalue weighted by atomic mass is 9.98. The van der Waals surface area contributed by atoms with Crippen LogP contribution < -0.4 is 10.1 Å². The van der Waals surface area contributed by atoms with Crippen LogP contribution in [0.15, 0.2) is 24.3 Å². The Morgan fingerprint density at radius 1 is 1.33 bits per heavy atom. The molecule has 0 aromatic heterocycles. The summed E-state index contributed by atoms with van der Waals surface area (Å²) in [5.41, 5.74) is 0.485. The molecule has 2 atom stereocenters. The van der Waals surface area contributed by atoms with Crippen LogP contribution in [0.2, 0.25) is 0 Å².